The van der Waals surface area contributed by atoms with Crippen molar-refractivity contribution in [3.05, 3.63) is 22.1 Å². The minimum Gasteiger partial charge on any atom is -0.399 e. The Kier molecular flexibility index (Phi) is 3.22. The van der Waals surface area contributed by atoms with E-state index >= 15 is 0 Å². The lowest BCUT2D eigenvalue weighted by molar-refractivity contribution is 0.00578. The fourth-order valence-corrected chi connectivity index (χ4v) is 1.88. The third-order valence-electron chi connectivity index (χ3n) is 3.71. The fraction of sp³-hybridized carbons (Fsp3) is 0.667. The van der Waals surface area contributed by atoms with Crippen molar-refractivity contribution >= 4 is 12.6 Å². The lowest BCUT2D eigenvalue weighted by Gasteiger charge is -2.32. The third-order valence-corrected chi connectivity index (χ3v) is 3.71. The monoisotopic (exact) mass is 266 g/mol. The molecule has 0 unspecified atom stereocenters. The molecule has 2 heterocycles. The van der Waals surface area contributed by atoms with Gasteiger partial charge in [-0.05, 0) is 40.7 Å². The van der Waals surface area contributed by atoms with Gasteiger partial charge in [-0.25, -0.2) is 0 Å². The highest BCUT2D eigenvalue weighted by atomic mass is 16.7. The molecule has 0 aliphatic carbocycles. The Balaban J connectivity index is 2.45. The van der Waals surface area contributed by atoms with Crippen molar-refractivity contribution in [2.45, 2.75) is 45.8 Å². The highest BCUT2D eigenvalue weighted by Gasteiger charge is 2.52. The first-order valence-corrected chi connectivity index (χ1v) is 6.19. The molecule has 19 heavy (non-hydrogen) atoms. The maximum Gasteiger partial charge on any atom is 0.500 e. The van der Waals surface area contributed by atoms with Gasteiger partial charge in [0.1, 0.15) is 7.11 Å². The van der Waals surface area contributed by atoms with Gasteiger partial charge in [-0.1, -0.05) is 4.85 Å². The van der Waals surface area contributed by atoms with Gasteiger partial charge >= 0.3 is 12.7 Å². The molecule has 6 nitrogen and oxygen atoms in total. The molecule has 0 bridgehead atoms. The van der Waals surface area contributed by atoms with Crippen LogP contribution in [-0.2, 0) is 9.31 Å². The lowest BCUT2D eigenvalue weighted by Crippen LogP contribution is -2.49. The van der Waals surface area contributed by atoms with E-state index in [1.165, 1.54) is 7.11 Å². The second-order valence-corrected chi connectivity index (χ2v) is 5.69. The van der Waals surface area contributed by atoms with Crippen molar-refractivity contribution in [3.8, 4) is 0 Å². The normalized spacial score (nSPS) is 20.6. The van der Waals surface area contributed by atoms with Gasteiger partial charge in [-0.15, -0.1) is 5.10 Å². The molecule has 104 valence electrons. The summed E-state index contributed by atoms with van der Waals surface area (Å²) in [7, 11) is 0.683. The van der Waals surface area contributed by atoms with E-state index in [9.17, 15) is 4.79 Å². The molecule has 1 fully saturated rings. The Morgan fingerprint density at radius 2 is 1.79 bits per heavy atom. The maximum absolute atomic E-state index is 12.2. The summed E-state index contributed by atoms with van der Waals surface area (Å²) >= 11 is 0. The van der Waals surface area contributed by atoms with Gasteiger partial charge in [0.05, 0.1) is 22.4 Å². The summed E-state index contributed by atoms with van der Waals surface area (Å²) in [6, 6.07) is 1.67. The first kappa shape index (κ1) is 14.1. The van der Waals surface area contributed by atoms with Crippen molar-refractivity contribution < 1.29 is 14.1 Å². The summed E-state index contributed by atoms with van der Waals surface area (Å²) in [6.45, 7) is 9.54. The van der Waals surface area contributed by atoms with Crippen LogP contribution >= 0.6 is 0 Å². The van der Waals surface area contributed by atoms with Crippen molar-refractivity contribution in [2.24, 2.45) is 0 Å². The van der Waals surface area contributed by atoms with E-state index in [4.69, 9.17) is 14.1 Å². The van der Waals surface area contributed by atoms with Crippen LogP contribution in [0.3, 0.4) is 0 Å². The third kappa shape index (κ3) is 2.28. The van der Waals surface area contributed by atoms with Gasteiger partial charge in [0, 0.05) is 0 Å². The minimum absolute atomic E-state index is 0.369. The summed E-state index contributed by atoms with van der Waals surface area (Å²) in [5.41, 5.74) is -0.288. The standard InChI is InChI=1S/C12H19BN2O4/c1-8-7-9(10(16)15(14-8)17-6)13-18-11(2,3)12(4,5)19-13/h7H,1-6H3. The van der Waals surface area contributed by atoms with Crippen LogP contribution in [0.2, 0.25) is 0 Å². The Morgan fingerprint density at radius 3 is 2.26 bits per heavy atom. The molecule has 0 amide bonds. The second kappa shape index (κ2) is 4.35. The Bertz CT molecular complexity index is 537. The predicted octanol–water partition coefficient (Wildman–Crippen LogP) is -0.0907. The average Bonchev–Trinajstić information content (AvgIpc) is 2.50. The molecule has 1 aromatic rings. The summed E-state index contributed by atoms with van der Waals surface area (Å²) in [5.74, 6) is 0. The van der Waals surface area contributed by atoms with Crippen LogP contribution in [0.25, 0.3) is 0 Å². The molecule has 1 aliphatic rings. The van der Waals surface area contributed by atoms with E-state index in [1.807, 2.05) is 27.7 Å². The smallest absolute Gasteiger partial charge is 0.399 e. The molecule has 0 aromatic carbocycles. The van der Waals surface area contributed by atoms with Crippen LogP contribution in [0.15, 0.2) is 10.9 Å². The van der Waals surface area contributed by atoms with E-state index in [-0.39, 0.29) is 5.56 Å². The molecule has 1 aliphatic heterocycles. The number of hydrogen-bond donors (Lipinski definition) is 0. The summed E-state index contributed by atoms with van der Waals surface area (Å²) < 4.78 is 11.7. The molecule has 0 atom stereocenters. The molecule has 7 heteroatoms. The highest BCUT2D eigenvalue weighted by molar-refractivity contribution is 6.61. The van der Waals surface area contributed by atoms with E-state index in [1.54, 1.807) is 13.0 Å². The molecule has 2 rings (SSSR count). The molecule has 0 spiro atoms. The summed E-state index contributed by atoms with van der Waals surface area (Å²) in [4.78, 5) is 18.0. The average molecular weight is 266 g/mol. The molecule has 0 saturated carbocycles. The summed E-state index contributed by atoms with van der Waals surface area (Å²) in [5, 5.41) is 3.97. The number of hydrogen-bond acceptors (Lipinski definition) is 5. The quantitative estimate of drug-likeness (QED) is 0.700. The van der Waals surface area contributed by atoms with Crippen molar-refractivity contribution in [1.29, 1.82) is 0 Å². The Labute approximate surface area is 112 Å². The largest absolute Gasteiger partial charge is 0.500 e. The number of nitrogens with zero attached hydrogens (tertiary/aromatic N) is 2. The van der Waals surface area contributed by atoms with Gasteiger partial charge in [0.25, 0.3) is 0 Å². The second-order valence-electron chi connectivity index (χ2n) is 5.69. The Morgan fingerprint density at radius 1 is 1.26 bits per heavy atom. The molecule has 1 aromatic heterocycles. The summed E-state index contributed by atoms with van der Waals surface area (Å²) in [6.07, 6.45) is 0. The lowest BCUT2D eigenvalue weighted by atomic mass is 9.80. The van der Waals surface area contributed by atoms with Crippen LogP contribution in [0.1, 0.15) is 33.4 Å². The van der Waals surface area contributed by atoms with E-state index < -0.39 is 18.3 Å². The molecule has 0 N–H and O–H groups in total. The highest BCUT2D eigenvalue weighted by Crippen LogP contribution is 2.36. The van der Waals surface area contributed by atoms with Crippen molar-refractivity contribution in [1.82, 2.24) is 9.94 Å². The van der Waals surface area contributed by atoms with Crippen LogP contribution in [0.4, 0.5) is 0 Å². The van der Waals surface area contributed by atoms with Gasteiger partial charge in [-0.2, -0.15) is 0 Å². The number of aryl methyl sites for hydroxylation is 1. The van der Waals surface area contributed by atoms with Crippen LogP contribution in [-0.4, -0.2) is 35.4 Å². The van der Waals surface area contributed by atoms with Crippen LogP contribution in [0.5, 0.6) is 0 Å². The van der Waals surface area contributed by atoms with Gasteiger partial charge in [-0.3, -0.25) is 4.79 Å². The van der Waals surface area contributed by atoms with E-state index in [0.29, 0.717) is 11.2 Å². The first-order chi connectivity index (χ1) is 8.68. The molecular formula is C12H19BN2O4. The molecular weight excluding hydrogens is 247 g/mol. The van der Waals surface area contributed by atoms with Crippen LogP contribution in [0, 0.1) is 6.92 Å². The molecule has 1 saturated heterocycles. The SMILES string of the molecule is COn1nc(C)cc(B2OC(C)(C)C(C)(C)O2)c1=O. The fourth-order valence-electron chi connectivity index (χ4n) is 1.88. The van der Waals surface area contributed by atoms with Crippen LogP contribution < -0.4 is 15.9 Å². The number of aromatic nitrogens is 2. The predicted molar refractivity (Wildman–Crippen MR) is 71.5 cm³/mol. The van der Waals surface area contributed by atoms with Gasteiger partial charge in [0.15, 0.2) is 0 Å². The Hall–Kier alpha value is -1.34. The van der Waals surface area contributed by atoms with Crippen molar-refractivity contribution in [2.75, 3.05) is 7.11 Å². The maximum atomic E-state index is 12.2. The topological polar surface area (TPSA) is 62.6 Å². The minimum atomic E-state index is -0.708. The number of rotatable bonds is 2. The first-order valence-electron chi connectivity index (χ1n) is 6.19. The van der Waals surface area contributed by atoms with E-state index in [2.05, 4.69) is 5.10 Å². The zero-order valence-electron chi connectivity index (χ0n) is 12.2. The van der Waals surface area contributed by atoms with Gasteiger partial charge in [0.2, 0.25) is 0 Å². The van der Waals surface area contributed by atoms with Crippen molar-refractivity contribution in [3.63, 3.8) is 0 Å². The zero-order chi connectivity index (χ0) is 14.4. The zero-order valence-corrected chi connectivity index (χ0v) is 12.2. The van der Waals surface area contributed by atoms with E-state index in [0.717, 1.165) is 4.85 Å². The van der Waals surface area contributed by atoms with Gasteiger partial charge < -0.3 is 14.1 Å². The molecule has 0 radical (unpaired) electrons.